The van der Waals surface area contributed by atoms with Crippen molar-refractivity contribution in [3.8, 4) is 11.4 Å². The van der Waals surface area contributed by atoms with Crippen molar-refractivity contribution < 1.29 is 9.13 Å². The van der Waals surface area contributed by atoms with Gasteiger partial charge in [0.1, 0.15) is 11.6 Å². The third-order valence-electron chi connectivity index (χ3n) is 6.08. The number of nitrogens with zero attached hydrogens (tertiary/aromatic N) is 5. The van der Waals surface area contributed by atoms with Gasteiger partial charge < -0.3 is 9.30 Å². The molecule has 3 heterocycles. The molecule has 6 nitrogen and oxygen atoms in total. The Morgan fingerprint density at radius 2 is 1.97 bits per heavy atom. The maximum atomic E-state index is 13.3. The number of fused-ring (bicyclic) bond motifs is 1. The monoisotopic (exact) mass is 443 g/mol. The molecule has 0 bridgehead atoms. The van der Waals surface area contributed by atoms with Crippen molar-refractivity contribution in [2.45, 2.75) is 39.2 Å². The molecule has 2 aromatic heterocycles. The summed E-state index contributed by atoms with van der Waals surface area (Å²) in [7, 11) is 1.68. The van der Waals surface area contributed by atoms with Gasteiger partial charge >= 0.3 is 0 Å². The van der Waals surface area contributed by atoms with E-state index >= 15 is 0 Å². The van der Waals surface area contributed by atoms with Crippen LogP contribution in [0.4, 0.5) is 4.39 Å². The van der Waals surface area contributed by atoms with Gasteiger partial charge in [0, 0.05) is 18.7 Å². The van der Waals surface area contributed by atoms with Crippen LogP contribution in [0, 0.1) is 12.7 Å². The van der Waals surface area contributed by atoms with Crippen molar-refractivity contribution in [3.05, 3.63) is 89.3 Å². The highest BCUT2D eigenvalue weighted by molar-refractivity contribution is 5.80. The maximum Gasteiger partial charge on any atom is 0.158 e. The molecule has 33 heavy (non-hydrogen) atoms. The molecule has 4 aromatic rings. The minimum Gasteiger partial charge on any atom is -0.495 e. The van der Waals surface area contributed by atoms with Crippen LogP contribution in [0.2, 0.25) is 0 Å². The van der Waals surface area contributed by atoms with Crippen molar-refractivity contribution in [1.29, 1.82) is 0 Å². The van der Waals surface area contributed by atoms with Crippen molar-refractivity contribution in [3.63, 3.8) is 0 Å². The fraction of sp³-hybridized carbons (Fsp3) is 0.269. The van der Waals surface area contributed by atoms with Gasteiger partial charge in [0.25, 0.3) is 0 Å². The van der Waals surface area contributed by atoms with Crippen LogP contribution in [-0.4, -0.2) is 31.4 Å². The molecule has 2 aromatic carbocycles. The smallest absolute Gasteiger partial charge is 0.158 e. The molecular formula is C26H26FN5O. The minimum atomic E-state index is -0.238. The fourth-order valence-electron chi connectivity index (χ4n) is 4.26. The van der Waals surface area contributed by atoms with Gasteiger partial charge in [-0.2, -0.15) is 5.10 Å². The lowest BCUT2D eigenvalue weighted by atomic mass is 10.0. The van der Waals surface area contributed by atoms with E-state index in [0.29, 0.717) is 0 Å². The molecule has 168 valence electrons. The molecule has 0 radical (unpaired) electrons. The Morgan fingerprint density at radius 1 is 1.15 bits per heavy atom. The number of ether oxygens (including phenoxy) is 1. The molecule has 0 N–H and O–H groups in total. The quantitative estimate of drug-likeness (QED) is 0.414. The number of hydrogen-bond donors (Lipinski definition) is 0. The first kappa shape index (κ1) is 21.1. The Hall–Kier alpha value is -3.74. The van der Waals surface area contributed by atoms with Crippen LogP contribution < -0.4 is 4.74 Å². The van der Waals surface area contributed by atoms with Crippen LogP contribution in [0.5, 0.6) is 5.75 Å². The van der Waals surface area contributed by atoms with Crippen LogP contribution in [0.15, 0.2) is 55.0 Å². The van der Waals surface area contributed by atoms with E-state index < -0.39 is 0 Å². The number of allylic oxidation sites excluding steroid dienone is 1. The first-order chi connectivity index (χ1) is 16.0. The lowest BCUT2D eigenvalue weighted by Gasteiger charge is -2.16. The zero-order chi connectivity index (χ0) is 22.9. The fourth-order valence-corrected chi connectivity index (χ4v) is 4.26. The van der Waals surface area contributed by atoms with Gasteiger partial charge in [0.2, 0.25) is 0 Å². The van der Waals surface area contributed by atoms with E-state index in [1.807, 2.05) is 34.5 Å². The van der Waals surface area contributed by atoms with Gasteiger partial charge in [-0.3, -0.25) is 0 Å². The molecule has 0 spiro atoms. The summed E-state index contributed by atoms with van der Waals surface area (Å²) in [5.74, 6) is 2.19. The Labute approximate surface area is 192 Å². The Balaban J connectivity index is 1.47. The third-order valence-corrected chi connectivity index (χ3v) is 6.08. The minimum absolute atomic E-state index is 0.0111. The van der Waals surface area contributed by atoms with Gasteiger partial charge in [-0.05, 0) is 66.8 Å². The molecule has 1 atom stereocenters. The standard InChI is InChI=1S/C26H26FN5O/c1-17-15-31(16-28-17)23-11-6-19(14-24(23)33-3)13-21-5-4-12-32-26(21)29-25(30-32)18(2)20-7-9-22(27)10-8-20/h6-11,13-16,18H,4-5,12H2,1-3H3/t18-/m1/s1. The first-order valence-electron chi connectivity index (χ1n) is 11.1. The topological polar surface area (TPSA) is 57.8 Å². The highest BCUT2D eigenvalue weighted by Gasteiger charge is 2.22. The molecule has 0 aliphatic carbocycles. The van der Waals surface area contributed by atoms with E-state index in [2.05, 4.69) is 24.1 Å². The van der Waals surface area contributed by atoms with Gasteiger partial charge in [0.15, 0.2) is 11.6 Å². The number of aromatic nitrogens is 5. The Morgan fingerprint density at radius 3 is 2.70 bits per heavy atom. The second-order valence-corrected chi connectivity index (χ2v) is 8.42. The van der Waals surface area contributed by atoms with E-state index in [-0.39, 0.29) is 11.7 Å². The third kappa shape index (κ3) is 4.18. The van der Waals surface area contributed by atoms with Crippen molar-refractivity contribution in [2.24, 2.45) is 0 Å². The van der Waals surface area contributed by atoms with Gasteiger partial charge in [-0.25, -0.2) is 19.0 Å². The molecular weight excluding hydrogens is 417 g/mol. The second-order valence-electron chi connectivity index (χ2n) is 8.42. The molecule has 0 fully saturated rings. The van der Waals surface area contributed by atoms with Crippen LogP contribution in [0.25, 0.3) is 17.3 Å². The van der Waals surface area contributed by atoms with Crippen LogP contribution in [-0.2, 0) is 6.54 Å². The van der Waals surface area contributed by atoms with E-state index in [1.54, 1.807) is 25.6 Å². The van der Waals surface area contributed by atoms with E-state index in [1.165, 1.54) is 12.1 Å². The summed E-state index contributed by atoms with van der Waals surface area (Å²) >= 11 is 0. The van der Waals surface area contributed by atoms with Gasteiger partial charge in [-0.15, -0.1) is 0 Å². The number of hydrogen-bond acceptors (Lipinski definition) is 4. The number of benzene rings is 2. The molecule has 0 unspecified atom stereocenters. The molecule has 1 aliphatic rings. The highest BCUT2D eigenvalue weighted by atomic mass is 19.1. The summed E-state index contributed by atoms with van der Waals surface area (Å²) in [5, 5.41) is 4.77. The van der Waals surface area contributed by atoms with Crippen molar-refractivity contribution >= 4 is 11.6 Å². The summed E-state index contributed by atoms with van der Waals surface area (Å²) in [6, 6.07) is 12.7. The van der Waals surface area contributed by atoms with E-state index in [9.17, 15) is 4.39 Å². The maximum absolute atomic E-state index is 13.3. The molecule has 5 rings (SSSR count). The van der Waals surface area contributed by atoms with Crippen LogP contribution in [0.3, 0.4) is 0 Å². The summed E-state index contributed by atoms with van der Waals surface area (Å²) in [4.78, 5) is 9.19. The van der Waals surface area contributed by atoms with Crippen molar-refractivity contribution in [2.75, 3.05) is 7.11 Å². The Kier molecular flexibility index (Phi) is 5.54. The summed E-state index contributed by atoms with van der Waals surface area (Å²) in [5.41, 5.74) is 5.10. The number of imidazole rings is 1. The van der Waals surface area contributed by atoms with E-state index in [0.717, 1.165) is 64.9 Å². The van der Waals surface area contributed by atoms with Crippen molar-refractivity contribution in [1.82, 2.24) is 24.3 Å². The average molecular weight is 444 g/mol. The van der Waals surface area contributed by atoms with Gasteiger partial charge in [0.05, 0.1) is 24.8 Å². The van der Waals surface area contributed by atoms with Gasteiger partial charge in [-0.1, -0.05) is 25.1 Å². The molecule has 0 saturated heterocycles. The average Bonchev–Trinajstić information content (AvgIpc) is 3.46. The second kappa shape index (κ2) is 8.65. The molecule has 0 amide bonds. The summed E-state index contributed by atoms with van der Waals surface area (Å²) in [6.07, 6.45) is 7.88. The van der Waals surface area contributed by atoms with Crippen LogP contribution in [0.1, 0.15) is 54.2 Å². The SMILES string of the molecule is COc1cc(C=C2CCCn3nc([C@H](C)c4ccc(F)cc4)nc32)ccc1-n1cnc(C)c1. The normalized spacial score (nSPS) is 15.5. The molecule has 0 saturated carbocycles. The number of halogens is 1. The molecule has 1 aliphatic heterocycles. The predicted molar refractivity (Wildman–Crippen MR) is 126 cm³/mol. The van der Waals surface area contributed by atoms with Crippen LogP contribution >= 0.6 is 0 Å². The summed E-state index contributed by atoms with van der Waals surface area (Å²) < 4.78 is 22.9. The first-order valence-corrected chi connectivity index (χ1v) is 11.1. The predicted octanol–water partition coefficient (Wildman–Crippen LogP) is 5.41. The molecule has 7 heteroatoms. The zero-order valence-electron chi connectivity index (χ0n) is 19.0. The lowest BCUT2D eigenvalue weighted by Crippen LogP contribution is -2.11. The number of aryl methyl sites for hydroxylation is 2. The summed E-state index contributed by atoms with van der Waals surface area (Å²) in [6.45, 7) is 4.86. The lowest BCUT2D eigenvalue weighted by molar-refractivity contribution is 0.413. The number of rotatable bonds is 5. The van der Waals surface area contributed by atoms with E-state index in [4.69, 9.17) is 14.8 Å². The highest BCUT2D eigenvalue weighted by Crippen LogP contribution is 2.32. The number of methoxy groups -OCH3 is 1. The largest absolute Gasteiger partial charge is 0.495 e. The zero-order valence-corrected chi connectivity index (χ0v) is 19.0. The Bertz CT molecular complexity index is 1320.